The van der Waals surface area contributed by atoms with Crippen molar-refractivity contribution in [2.45, 2.75) is 130 Å². The number of Topliss-reactive ketones (excluding diaryl/α,β-unsaturated/α-hetero) is 1. The fourth-order valence-electron chi connectivity index (χ4n) is 8.76. The van der Waals surface area contributed by atoms with E-state index < -0.39 is 49.8 Å². The number of hydrogen-bond donors (Lipinski definition) is 1. The molecule has 1 amide bonds. The van der Waals surface area contributed by atoms with E-state index in [-0.39, 0.29) is 31.0 Å². The lowest BCUT2D eigenvalue weighted by Gasteiger charge is -2.59. The highest BCUT2D eigenvalue weighted by Gasteiger charge is 2.59. The summed E-state index contributed by atoms with van der Waals surface area (Å²) in [5.41, 5.74) is -4.22. The Morgan fingerprint density at radius 2 is 1.50 bits per heavy atom. The lowest BCUT2D eigenvalue weighted by atomic mass is 9.50. The summed E-state index contributed by atoms with van der Waals surface area (Å²) in [5.74, 6) is 0.512. The maximum Gasteiger partial charge on any atom is 0.312 e. The normalized spacial score (nSPS) is 33.8. The van der Waals surface area contributed by atoms with Crippen LogP contribution in [-0.4, -0.2) is 50.0 Å². The molecular weight excluding hydrogens is 558 g/mol. The van der Waals surface area contributed by atoms with Gasteiger partial charge in [-0.05, 0) is 109 Å². The predicted molar refractivity (Wildman–Crippen MR) is 157 cm³/mol. The summed E-state index contributed by atoms with van der Waals surface area (Å²) >= 11 is 0. The van der Waals surface area contributed by atoms with E-state index in [2.05, 4.69) is 6.92 Å². The Bertz CT molecular complexity index is 1180. The van der Waals surface area contributed by atoms with Gasteiger partial charge in [0.05, 0.1) is 17.1 Å². The summed E-state index contributed by atoms with van der Waals surface area (Å²) in [6, 6.07) is 0. The van der Waals surface area contributed by atoms with Gasteiger partial charge in [0.1, 0.15) is 17.5 Å². The van der Waals surface area contributed by atoms with Crippen LogP contribution in [-0.2, 0) is 38.7 Å². The molecule has 10 heteroatoms. The van der Waals surface area contributed by atoms with Gasteiger partial charge in [0, 0.05) is 18.3 Å². The van der Waals surface area contributed by atoms with E-state index >= 15 is 0 Å². The van der Waals surface area contributed by atoms with Crippen LogP contribution in [0.15, 0.2) is 0 Å². The molecule has 0 aromatic heterocycles. The van der Waals surface area contributed by atoms with Crippen LogP contribution < -0.4 is 4.72 Å². The molecule has 42 heavy (non-hydrogen) atoms. The summed E-state index contributed by atoms with van der Waals surface area (Å²) in [7, 11) is -3.82. The van der Waals surface area contributed by atoms with Crippen LogP contribution in [0.5, 0.6) is 0 Å². The second kappa shape index (κ2) is 11.5. The molecule has 0 aliphatic heterocycles. The SMILES string of the molecule is CCC(C)(CC(C)(CC(C)(C)C(=O)NS(C)(=O)=O)C(=O)OC1CCCC(=O)C1)C(=O)OC1(C)C2CC3CC(C2)CC1C3. The van der Waals surface area contributed by atoms with Crippen LogP contribution in [0.1, 0.15) is 119 Å². The van der Waals surface area contributed by atoms with Gasteiger partial charge < -0.3 is 9.47 Å². The Labute approximate surface area is 251 Å². The Morgan fingerprint density at radius 3 is 2.00 bits per heavy atom. The van der Waals surface area contributed by atoms with E-state index in [0.29, 0.717) is 37.5 Å². The molecule has 0 radical (unpaired) electrons. The van der Waals surface area contributed by atoms with E-state index in [1.165, 1.54) is 6.42 Å². The van der Waals surface area contributed by atoms with Crippen LogP contribution in [0, 0.1) is 39.9 Å². The summed E-state index contributed by atoms with van der Waals surface area (Å²) in [6.45, 7) is 10.7. The molecule has 5 aliphatic carbocycles. The van der Waals surface area contributed by atoms with Gasteiger partial charge in [0.2, 0.25) is 15.9 Å². The van der Waals surface area contributed by atoms with Crippen molar-refractivity contribution < 1.29 is 37.1 Å². The molecule has 3 atom stereocenters. The van der Waals surface area contributed by atoms with Crippen LogP contribution in [0.4, 0.5) is 0 Å². The summed E-state index contributed by atoms with van der Waals surface area (Å²) in [4.78, 5) is 53.2. The van der Waals surface area contributed by atoms with Crippen molar-refractivity contribution >= 4 is 33.7 Å². The molecule has 9 nitrogen and oxygen atoms in total. The molecule has 4 bridgehead atoms. The maximum atomic E-state index is 14.1. The quantitative estimate of drug-likeness (QED) is 0.320. The monoisotopic (exact) mass is 609 g/mol. The van der Waals surface area contributed by atoms with Crippen molar-refractivity contribution in [1.29, 1.82) is 0 Å². The Morgan fingerprint density at radius 1 is 0.929 bits per heavy atom. The summed E-state index contributed by atoms with van der Waals surface area (Å²) < 4.78 is 38.2. The van der Waals surface area contributed by atoms with Crippen molar-refractivity contribution in [3.8, 4) is 0 Å². The minimum atomic E-state index is -3.82. The zero-order valence-electron chi connectivity index (χ0n) is 26.5. The van der Waals surface area contributed by atoms with Gasteiger partial charge in [-0.15, -0.1) is 0 Å². The van der Waals surface area contributed by atoms with Gasteiger partial charge in [-0.2, -0.15) is 0 Å². The Kier molecular flexibility index (Phi) is 9.03. The molecule has 1 N–H and O–H groups in total. The number of ether oxygens (including phenoxy) is 2. The van der Waals surface area contributed by atoms with Crippen molar-refractivity contribution in [2.75, 3.05) is 6.26 Å². The van der Waals surface area contributed by atoms with Gasteiger partial charge in [-0.1, -0.05) is 20.8 Å². The number of hydrogen-bond acceptors (Lipinski definition) is 8. The van der Waals surface area contributed by atoms with Gasteiger partial charge >= 0.3 is 11.9 Å². The largest absolute Gasteiger partial charge is 0.461 e. The van der Waals surface area contributed by atoms with Crippen molar-refractivity contribution in [2.24, 2.45) is 39.9 Å². The van der Waals surface area contributed by atoms with Crippen LogP contribution in [0.3, 0.4) is 0 Å². The molecule has 5 rings (SSSR count). The van der Waals surface area contributed by atoms with Gasteiger partial charge in [0.15, 0.2) is 0 Å². The highest BCUT2D eigenvalue weighted by Crippen LogP contribution is 2.60. The Hall–Kier alpha value is -1.97. The summed E-state index contributed by atoms with van der Waals surface area (Å²) in [5, 5.41) is 0. The van der Waals surface area contributed by atoms with Gasteiger partial charge in [0.25, 0.3) is 0 Å². The lowest BCUT2D eigenvalue weighted by molar-refractivity contribution is -0.214. The van der Waals surface area contributed by atoms with E-state index in [1.54, 1.807) is 20.8 Å². The van der Waals surface area contributed by atoms with Crippen LogP contribution in [0.25, 0.3) is 0 Å². The third-order valence-electron chi connectivity index (χ3n) is 11.1. The Balaban J connectivity index is 1.59. The van der Waals surface area contributed by atoms with E-state index in [4.69, 9.17) is 9.47 Å². The van der Waals surface area contributed by atoms with Gasteiger partial charge in [-0.3, -0.25) is 23.9 Å². The molecule has 238 valence electrons. The number of amides is 1. The zero-order valence-corrected chi connectivity index (χ0v) is 27.4. The molecule has 0 aromatic rings. The van der Waals surface area contributed by atoms with Crippen molar-refractivity contribution in [1.82, 2.24) is 4.72 Å². The molecule has 5 fully saturated rings. The molecule has 0 aromatic carbocycles. The first kappa shape index (κ1) is 32.9. The summed E-state index contributed by atoms with van der Waals surface area (Å²) in [6.07, 6.45) is 8.23. The highest BCUT2D eigenvalue weighted by molar-refractivity contribution is 7.89. The lowest BCUT2D eigenvalue weighted by Crippen LogP contribution is -2.59. The third kappa shape index (κ3) is 6.88. The van der Waals surface area contributed by atoms with Crippen molar-refractivity contribution in [3.05, 3.63) is 0 Å². The van der Waals surface area contributed by atoms with Gasteiger partial charge in [-0.25, -0.2) is 8.42 Å². The fraction of sp³-hybridized carbons (Fsp3) is 0.875. The number of carbonyl (C=O) groups is 4. The molecule has 5 saturated carbocycles. The van der Waals surface area contributed by atoms with Crippen LogP contribution in [0.2, 0.25) is 0 Å². The molecular formula is C32H51NO8S. The maximum absolute atomic E-state index is 14.1. The predicted octanol–water partition coefficient (Wildman–Crippen LogP) is 5.10. The molecule has 0 spiro atoms. The van der Waals surface area contributed by atoms with Crippen molar-refractivity contribution in [3.63, 3.8) is 0 Å². The second-order valence-corrected chi connectivity index (χ2v) is 17.2. The number of carbonyl (C=O) groups excluding carboxylic acids is 4. The minimum absolute atomic E-state index is 0.0412. The average molecular weight is 610 g/mol. The van der Waals surface area contributed by atoms with E-state index in [0.717, 1.165) is 43.8 Å². The highest BCUT2D eigenvalue weighted by atomic mass is 32.2. The first-order valence-corrected chi connectivity index (χ1v) is 17.7. The number of ketones is 1. The smallest absolute Gasteiger partial charge is 0.312 e. The molecule has 5 aliphatic rings. The van der Waals surface area contributed by atoms with E-state index in [9.17, 15) is 27.6 Å². The standard InChI is InChI=1S/C32H51NO8S/c1-8-30(4,28(37)41-32(6)22-13-20-12-21(15-22)16-23(32)14-20)19-31(5,18-29(2,3)26(35)33-42(7,38)39)27(36)40-25-11-9-10-24(34)17-25/h20-23,25H,8-19H2,1-7H3,(H,33,35). The minimum Gasteiger partial charge on any atom is -0.461 e. The average Bonchev–Trinajstić information content (AvgIpc) is 2.85. The number of rotatable bonds is 11. The zero-order chi connectivity index (χ0) is 31.3. The molecule has 0 heterocycles. The third-order valence-corrected chi connectivity index (χ3v) is 11.6. The fourth-order valence-corrected chi connectivity index (χ4v) is 9.37. The topological polar surface area (TPSA) is 133 Å². The second-order valence-electron chi connectivity index (χ2n) is 15.5. The molecule has 0 saturated heterocycles. The first-order chi connectivity index (χ1) is 19.3. The molecule has 3 unspecified atom stereocenters. The number of esters is 2. The number of nitrogens with one attached hydrogen (secondary N) is 1. The first-order valence-electron chi connectivity index (χ1n) is 15.8. The van der Waals surface area contributed by atoms with E-state index in [1.807, 2.05) is 18.6 Å². The van der Waals surface area contributed by atoms with Crippen LogP contribution >= 0.6 is 0 Å². The number of sulfonamides is 1.